The highest BCUT2D eigenvalue weighted by Crippen LogP contribution is 2.30. The second kappa shape index (κ2) is 7.87. The Labute approximate surface area is 157 Å². The summed E-state index contributed by atoms with van der Waals surface area (Å²) in [6.45, 7) is 3.72. The summed E-state index contributed by atoms with van der Waals surface area (Å²) < 4.78 is 0.911. The first-order chi connectivity index (χ1) is 11.6. The van der Waals surface area contributed by atoms with Crippen LogP contribution < -0.4 is 11.1 Å². The lowest BCUT2D eigenvalue weighted by atomic mass is 9.87. The van der Waals surface area contributed by atoms with Crippen molar-refractivity contribution < 1.29 is 0 Å². The third kappa shape index (κ3) is 4.31. The molecule has 0 bridgehead atoms. The number of nitrogens with two attached hydrogens (primary N) is 1. The Morgan fingerprint density at radius 1 is 1.12 bits per heavy atom. The van der Waals surface area contributed by atoms with Crippen molar-refractivity contribution in [2.24, 2.45) is 5.73 Å². The van der Waals surface area contributed by atoms with Crippen LogP contribution in [-0.2, 0) is 6.54 Å². The average molecular weight is 409 g/mol. The van der Waals surface area contributed by atoms with Crippen molar-refractivity contribution in [3.05, 3.63) is 63.6 Å². The van der Waals surface area contributed by atoms with Gasteiger partial charge in [-0.15, -0.1) is 0 Å². The van der Waals surface area contributed by atoms with Gasteiger partial charge < -0.3 is 11.1 Å². The lowest BCUT2D eigenvalue weighted by Gasteiger charge is -2.42. The Morgan fingerprint density at radius 2 is 1.83 bits per heavy atom. The van der Waals surface area contributed by atoms with Crippen molar-refractivity contribution in [3.63, 3.8) is 0 Å². The van der Waals surface area contributed by atoms with Gasteiger partial charge in [-0.25, -0.2) is 0 Å². The predicted octanol–water partition coefficient (Wildman–Crippen LogP) is 4.51. The maximum atomic E-state index is 6.21. The number of halogens is 2. The topological polar surface area (TPSA) is 41.3 Å². The van der Waals surface area contributed by atoms with Gasteiger partial charge in [0.25, 0.3) is 0 Å². The van der Waals surface area contributed by atoms with E-state index in [2.05, 4.69) is 56.5 Å². The molecule has 0 spiro atoms. The highest BCUT2D eigenvalue weighted by molar-refractivity contribution is 9.10. The molecule has 1 aliphatic rings. The van der Waals surface area contributed by atoms with Gasteiger partial charge in [-0.1, -0.05) is 41.9 Å². The third-order valence-corrected chi connectivity index (χ3v) is 6.01. The SMILES string of the molecule is NCC1(Nc2ccc(Br)c(Cl)c2)CCN(Cc2ccccc2)CC1. The molecule has 1 saturated heterocycles. The molecule has 2 aromatic carbocycles. The molecule has 0 aromatic heterocycles. The van der Waals surface area contributed by atoms with Gasteiger partial charge in [-0.05, 0) is 52.5 Å². The highest BCUT2D eigenvalue weighted by Gasteiger charge is 2.33. The summed E-state index contributed by atoms with van der Waals surface area (Å²) in [7, 11) is 0. The lowest BCUT2D eigenvalue weighted by Crippen LogP contribution is -2.53. The van der Waals surface area contributed by atoms with Crippen LogP contribution in [-0.4, -0.2) is 30.1 Å². The van der Waals surface area contributed by atoms with E-state index in [1.807, 2.05) is 18.2 Å². The summed E-state index contributed by atoms with van der Waals surface area (Å²) in [5, 5.41) is 4.36. The molecule has 0 aliphatic carbocycles. The molecule has 3 rings (SSSR count). The Morgan fingerprint density at radius 3 is 2.46 bits per heavy atom. The van der Waals surface area contributed by atoms with Crippen molar-refractivity contribution in [1.82, 2.24) is 4.90 Å². The summed E-state index contributed by atoms with van der Waals surface area (Å²) in [6.07, 6.45) is 2.06. The third-order valence-electron chi connectivity index (χ3n) is 4.78. The number of hydrogen-bond donors (Lipinski definition) is 2. The fourth-order valence-electron chi connectivity index (χ4n) is 3.24. The van der Waals surface area contributed by atoms with E-state index in [9.17, 15) is 0 Å². The second-order valence-corrected chi connectivity index (χ2v) is 7.76. The molecule has 0 saturated carbocycles. The van der Waals surface area contributed by atoms with E-state index in [4.69, 9.17) is 17.3 Å². The van der Waals surface area contributed by atoms with Gasteiger partial charge in [0.05, 0.1) is 10.6 Å². The van der Waals surface area contributed by atoms with Crippen LogP contribution in [0.5, 0.6) is 0 Å². The first-order valence-corrected chi connectivity index (χ1v) is 9.47. The number of likely N-dealkylation sites (tertiary alicyclic amines) is 1. The van der Waals surface area contributed by atoms with Crippen LogP contribution in [0, 0.1) is 0 Å². The summed E-state index contributed by atoms with van der Waals surface area (Å²) in [5.74, 6) is 0. The number of anilines is 1. The van der Waals surface area contributed by atoms with Crippen LogP contribution in [0.3, 0.4) is 0 Å². The van der Waals surface area contributed by atoms with Crippen LogP contribution >= 0.6 is 27.5 Å². The fraction of sp³-hybridized carbons (Fsp3) is 0.368. The smallest absolute Gasteiger partial charge is 0.0568 e. The molecule has 3 N–H and O–H groups in total. The van der Waals surface area contributed by atoms with Gasteiger partial charge in [0, 0.05) is 36.3 Å². The lowest BCUT2D eigenvalue weighted by molar-refractivity contribution is 0.170. The van der Waals surface area contributed by atoms with Gasteiger partial charge in [-0.3, -0.25) is 4.90 Å². The van der Waals surface area contributed by atoms with Crippen LogP contribution in [0.4, 0.5) is 5.69 Å². The maximum absolute atomic E-state index is 6.21. The zero-order chi connectivity index (χ0) is 17.0. The van der Waals surface area contributed by atoms with Crippen LogP contribution in [0.15, 0.2) is 53.0 Å². The molecule has 0 radical (unpaired) electrons. The van der Waals surface area contributed by atoms with Crippen molar-refractivity contribution in [3.8, 4) is 0 Å². The number of benzene rings is 2. The van der Waals surface area contributed by atoms with Gasteiger partial charge in [0.1, 0.15) is 0 Å². The zero-order valence-electron chi connectivity index (χ0n) is 13.6. The number of rotatable bonds is 5. The Balaban J connectivity index is 1.62. The van der Waals surface area contributed by atoms with Crippen molar-refractivity contribution >= 4 is 33.2 Å². The van der Waals surface area contributed by atoms with Crippen molar-refractivity contribution in [1.29, 1.82) is 0 Å². The zero-order valence-corrected chi connectivity index (χ0v) is 16.0. The minimum Gasteiger partial charge on any atom is -0.378 e. The number of hydrogen-bond acceptors (Lipinski definition) is 3. The minimum atomic E-state index is -0.0512. The van der Waals surface area contributed by atoms with E-state index in [0.717, 1.165) is 42.6 Å². The quantitative estimate of drug-likeness (QED) is 0.765. The largest absolute Gasteiger partial charge is 0.378 e. The summed E-state index contributed by atoms with van der Waals surface area (Å²) in [6, 6.07) is 16.6. The molecule has 0 amide bonds. The van der Waals surface area contributed by atoms with Crippen molar-refractivity contribution in [2.45, 2.75) is 24.9 Å². The molecule has 5 heteroatoms. The van der Waals surface area contributed by atoms with Crippen molar-refractivity contribution in [2.75, 3.05) is 25.0 Å². The molecule has 0 unspecified atom stereocenters. The molecule has 2 aromatic rings. The molecule has 24 heavy (non-hydrogen) atoms. The Kier molecular flexibility index (Phi) is 5.82. The van der Waals surface area contributed by atoms with E-state index in [1.54, 1.807) is 0 Å². The molecular weight excluding hydrogens is 386 g/mol. The molecule has 1 fully saturated rings. The van der Waals surface area contributed by atoms with Crippen LogP contribution in [0.1, 0.15) is 18.4 Å². The first-order valence-electron chi connectivity index (χ1n) is 8.30. The number of piperidine rings is 1. The molecule has 128 valence electrons. The first kappa shape index (κ1) is 17.7. The molecule has 3 nitrogen and oxygen atoms in total. The molecule has 0 atom stereocenters. The summed E-state index contributed by atoms with van der Waals surface area (Å²) in [4.78, 5) is 2.50. The van der Waals surface area contributed by atoms with Gasteiger partial charge in [-0.2, -0.15) is 0 Å². The minimum absolute atomic E-state index is 0.0512. The number of nitrogens with one attached hydrogen (secondary N) is 1. The molecular formula is C19H23BrClN3. The van der Waals surface area contributed by atoms with E-state index in [-0.39, 0.29) is 5.54 Å². The monoisotopic (exact) mass is 407 g/mol. The van der Waals surface area contributed by atoms with E-state index in [1.165, 1.54) is 5.56 Å². The fourth-order valence-corrected chi connectivity index (χ4v) is 3.67. The van der Waals surface area contributed by atoms with Crippen LogP contribution in [0.2, 0.25) is 5.02 Å². The normalized spacial score (nSPS) is 17.6. The van der Waals surface area contributed by atoms with E-state index < -0.39 is 0 Å². The predicted molar refractivity (Wildman–Crippen MR) is 106 cm³/mol. The summed E-state index contributed by atoms with van der Waals surface area (Å²) in [5.41, 5.74) is 8.48. The van der Waals surface area contributed by atoms with Gasteiger partial charge in [0.2, 0.25) is 0 Å². The van der Waals surface area contributed by atoms with E-state index >= 15 is 0 Å². The standard InChI is InChI=1S/C19H23BrClN3/c20-17-7-6-16(12-18(17)21)23-19(14-22)8-10-24(11-9-19)13-15-4-2-1-3-5-15/h1-7,12,23H,8-11,13-14,22H2. The van der Waals surface area contributed by atoms with Gasteiger partial charge >= 0.3 is 0 Å². The second-order valence-electron chi connectivity index (χ2n) is 6.50. The molecule has 1 aliphatic heterocycles. The Bertz CT molecular complexity index is 670. The average Bonchev–Trinajstić information content (AvgIpc) is 2.61. The summed E-state index contributed by atoms with van der Waals surface area (Å²) >= 11 is 9.64. The number of nitrogens with zero attached hydrogens (tertiary/aromatic N) is 1. The maximum Gasteiger partial charge on any atom is 0.0568 e. The van der Waals surface area contributed by atoms with Crippen LogP contribution in [0.25, 0.3) is 0 Å². The van der Waals surface area contributed by atoms with E-state index in [0.29, 0.717) is 11.6 Å². The molecule has 1 heterocycles. The Hall–Kier alpha value is -1.07. The van der Waals surface area contributed by atoms with Gasteiger partial charge in [0.15, 0.2) is 0 Å². The highest BCUT2D eigenvalue weighted by atomic mass is 79.9.